The van der Waals surface area contributed by atoms with E-state index in [9.17, 15) is 52.4 Å². The molecular weight excluding hydrogens is 599 g/mol. The molecule has 1 atom stereocenters. The van der Waals surface area contributed by atoms with Crippen molar-refractivity contribution in [1.82, 2.24) is 9.88 Å². The highest BCUT2D eigenvalue weighted by Crippen LogP contribution is 2.37. The molecule has 1 amide bonds. The summed E-state index contributed by atoms with van der Waals surface area (Å²) in [5.41, 5.74) is -2.46. The molecule has 1 aromatic carbocycles. The molecule has 0 spiro atoms. The fraction of sp³-hybridized carbons (Fsp3) is 0.455. The number of thiol groups is 1. The Morgan fingerprint density at radius 1 is 1.12 bits per heavy atom. The van der Waals surface area contributed by atoms with Crippen LogP contribution in [-0.2, 0) is 26.9 Å². The van der Waals surface area contributed by atoms with Gasteiger partial charge in [-0.3, -0.25) is 4.79 Å². The van der Waals surface area contributed by atoms with Crippen LogP contribution in [0.4, 0.5) is 30.7 Å². The summed E-state index contributed by atoms with van der Waals surface area (Å²) in [6, 6.07) is 2.94. The van der Waals surface area contributed by atoms with E-state index in [0.717, 1.165) is 12.1 Å². The van der Waals surface area contributed by atoms with Crippen molar-refractivity contribution < 1.29 is 57.1 Å². The summed E-state index contributed by atoms with van der Waals surface area (Å²) < 4.78 is 143. The van der Waals surface area contributed by atoms with Gasteiger partial charge in [0.05, 0.1) is 15.7 Å². The Hall–Kier alpha value is -2.99. The van der Waals surface area contributed by atoms with Crippen LogP contribution in [-0.4, -0.2) is 58.5 Å². The van der Waals surface area contributed by atoms with Crippen molar-refractivity contribution in [2.45, 2.75) is 41.8 Å². The number of likely N-dealkylation sites (tertiary alicyclic amines) is 1. The zero-order valence-electron chi connectivity index (χ0n) is 20.2. The molecule has 1 saturated heterocycles. The molecule has 2 heterocycles. The van der Waals surface area contributed by atoms with Crippen LogP contribution >= 0.6 is 0 Å². The number of sulfonamides is 1. The predicted octanol–water partition coefficient (Wildman–Crippen LogP) is 3.42. The normalized spacial score (nSPS) is 16.3. The van der Waals surface area contributed by atoms with E-state index in [4.69, 9.17) is 5.14 Å². The molecule has 222 valence electrons. The Morgan fingerprint density at radius 3 is 2.25 bits per heavy atom. The molecule has 1 aliphatic rings. The minimum atomic E-state index is -5.16. The lowest BCUT2D eigenvalue weighted by atomic mass is 9.90. The summed E-state index contributed by atoms with van der Waals surface area (Å²) in [5, 5.41) is 3.63. The highest BCUT2D eigenvalue weighted by Gasteiger charge is 2.38. The first kappa shape index (κ1) is 31.5. The third-order valence-electron chi connectivity index (χ3n) is 6.15. The highest BCUT2D eigenvalue weighted by molar-refractivity contribution is 7.89. The fourth-order valence-electron chi connectivity index (χ4n) is 4.19. The number of aromatic nitrogens is 1. The number of alkyl halides is 6. The molecule has 40 heavy (non-hydrogen) atoms. The minimum absolute atomic E-state index is 0.00757. The number of carbonyl (C=O) groups is 1. The van der Waals surface area contributed by atoms with E-state index in [1.165, 1.54) is 4.90 Å². The quantitative estimate of drug-likeness (QED) is 0.341. The number of piperidine rings is 1. The number of hydrogen-bond donors (Lipinski definition) is 2. The summed E-state index contributed by atoms with van der Waals surface area (Å²) >= 11 is 0. The smallest absolute Gasteiger partial charge is 0.422 e. The Balaban J connectivity index is 1.71. The van der Waals surface area contributed by atoms with Gasteiger partial charge in [-0.15, -0.1) is 0 Å². The topological polar surface area (TPSA) is 137 Å². The van der Waals surface area contributed by atoms with Gasteiger partial charge in [-0.1, -0.05) is 6.07 Å². The van der Waals surface area contributed by atoms with Crippen LogP contribution in [0.2, 0.25) is 0 Å². The number of nitrogens with zero attached hydrogens (tertiary/aromatic N) is 2. The summed E-state index contributed by atoms with van der Waals surface area (Å²) in [6.07, 6.45) is -9.08. The summed E-state index contributed by atoms with van der Waals surface area (Å²) in [6.45, 7) is -2.03. The molecule has 0 aliphatic carbocycles. The monoisotopic (exact) mass is 621 g/mol. The van der Waals surface area contributed by atoms with Gasteiger partial charge >= 0.3 is 12.4 Å². The molecule has 9 nitrogen and oxygen atoms in total. The molecule has 3 rings (SSSR count). The van der Waals surface area contributed by atoms with Gasteiger partial charge in [-0.05, 0) is 43.4 Å². The Bertz CT molecular complexity index is 1430. The maximum Gasteiger partial charge on any atom is 0.422 e. The van der Waals surface area contributed by atoms with Gasteiger partial charge in [0, 0.05) is 24.8 Å². The van der Waals surface area contributed by atoms with Crippen LogP contribution in [0.5, 0.6) is 5.88 Å². The Kier molecular flexibility index (Phi) is 9.35. The third-order valence-corrected chi connectivity index (χ3v) is 8.06. The van der Waals surface area contributed by atoms with Crippen LogP contribution in [0.15, 0.2) is 35.4 Å². The highest BCUT2D eigenvalue weighted by atomic mass is 32.2. The van der Waals surface area contributed by atoms with Crippen molar-refractivity contribution in [3.05, 3.63) is 53.0 Å². The second kappa shape index (κ2) is 11.9. The Labute approximate surface area is 225 Å². The average Bonchev–Trinajstić information content (AvgIpc) is 2.84. The Morgan fingerprint density at radius 2 is 1.75 bits per heavy atom. The van der Waals surface area contributed by atoms with Crippen molar-refractivity contribution in [3.63, 3.8) is 0 Å². The number of amides is 1. The maximum absolute atomic E-state index is 14.6. The van der Waals surface area contributed by atoms with Gasteiger partial charge in [0.1, 0.15) is 22.1 Å². The summed E-state index contributed by atoms with van der Waals surface area (Å²) in [7, 11) is -7.43. The fourth-order valence-corrected chi connectivity index (χ4v) is 5.62. The van der Waals surface area contributed by atoms with Crippen LogP contribution in [0, 0.1) is 11.7 Å². The molecular formula is C22H22F7N3O6S2. The first-order valence-corrected chi connectivity index (χ1v) is 14.2. The van der Waals surface area contributed by atoms with Crippen molar-refractivity contribution in [3.8, 4) is 5.88 Å². The van der Waals surface area contributed by atoms with Crippen molar-refractivity contribution >= 4 is 26.6 Å². The molecule has 1 fully saturated rings. The number of primary sulfonamides is 1. The first-order valence-electron chi connectivity index (χ1n) is 11.4. The van der Waals surface area contributed by atoms with E-state index in [2.05, 4.69) is 9.72 Å². The molecule has 1 aliphatic heterocycles. The van der Waals surface area contributed by atoms with Gasteiger partial charge in [-0.2, -0.15) is 26.3 Å². The lowest BCUT2D eigenvalue weighted by Crippen LogP contribution is -2.39. The average molecular weight is 622 g/mol. The lowest BCUT2D eigenvalue weighted by molar-refractivity contribution is -0.159. The molecule has 1 aromatic heterocycles. The second-order valence-electron chi connectivity index (χ2n) is 8.98. The lowest BCUT2D eigenvalue weighted by Gasteiger charge is -2.33. The van der Waals surface area contributed by atoms with E-state index in [1.807, 2.05) is 0 Å². The number of nitrogens with two attached hydrogens (primary N) is 1. The SMILES string of the molecule is NS(=O)(=O)c1ccc(C(CC2CCN(C(=O)c3cnc(OCC(F)(F)F)c(C(F)(F)F)c3)CC2)[SH](=O)=O)c(F)c1. The number of pyridine rings is 1. The van der Waals surface area contributed by atoms with Gasteiger partial charge in [0.25, 0.3) is 5.91 Å². The van der Waals surface area contributed by atoms with Crippen molar-refractivity contribution in [2.75, 3.05) is 19.7 Å². The van der Waals surface area contributed by atoms with E-state index in [-0.39, 0.29) is 43.8 Å². The molecule has 0 saturated carbocycles. The van der Waals surface area contributed by atoms with Crippen LogP contribution in [0.25, 0.3) is 0 Å². The first-order chi connectivity index (χ1) is 18.4. The zero-order chi connectivity index (χ0) is 30.0. The zero-order valence-corrected chi connectivity index (χ0v) is 21.9. The number of rotatable bonds is 8. The molecule has 0 bridgehead atoms. The number of halogens is 7. The van der Waals surface area contributed by atoms with Gasteiger partial charge in [-0.25, -0.2) is 31.3 Å². The van der Waals surface area contributed by atoms with Crippen molar-refractivity contribution in [2.24, 2.45) is 11.1 Å². The second-order valence-corrected chi connectivity index (χ2v) is 11.7. The number of hydrogen-bond acceptors (Lipinski definition) is 7. The van der Waals surface area contributed by atoms with E-state index >= 15 is 0 Å². The van der Waals surface area contributed by atoms with Crippen LogP contribution < -0.4 is 9.88 Å². The minimum Gasteiger partial charge on any atom is -0.468 e. The van der Waals surface area contributed by atoms with Crippen LogP contribution in [0.3, 0.4) is 0 Å². The summed E-state index contributed by atoms with van der Waals surface area (Å²) in [5.74, 6) is -3.64. The van der Waals surface area contributed by atoms with Gasteiger partial charge in [0.2, 0.25) is 15.9 Å². The molecule has 2 N–H and O–H groups in total. The van der Waals surface area contributed by atoms with Gasteiger partial charge in [0.15, 0.2) is 6.61 Å². The van der Waals surface area contributed by atoms with Gasteiger partial charge < -0.3 is 9.64 Å². The van der Waals surface area contributed by atoms with Crippen LogP contribution in [0.1, 0.15) is 46.0 Å². The molecule has 2 aromatic rings. The van der Waals surface area contributed by atoms with E-state index < -0.39 is 78.6 Å². The predicted molar refractivity (Wildman–Crippen MR) is 125 cm³/mol. The number of benzene rings is 1. The standard InChI is InChI=1S/C22H22F7N3O6S2/c23-17-9-14(40(30,36)37)1-2-15(17)18(39(34)35)7-12-3-5-32(6-4-12)20(33)13-8-16(22(27,28)29)19(31-10-13)38-11-21(24,25)26/h1-2,8-10,12,18,39H,3-7,11H2,(H2,30,36,37). The maximum atomic E-state index is 14.6. The largest absolute Gasteiger partial charge is 0.468 e. The number of ether oxygens (including phenoxy) is 1. The molecule has 18 heteroatoms. The number of carbonyl (C=O) groups excluding carboxylic acids is 1. The third kappa shape index (κ3) is 8.03. The van der Waals surface area contributed by atoms with E-state index in [1.54, 1.807) is 0 Å². The summed E-state index contributed by atoms with van der Waals surface area (Å²) in [4.78, 5) is 16.7. The molecule has 0 radical (unpaired) electrons. The van der Waals surface area contributed by atoms with Crippen molar-refractivity contribution in [1.29, 1.82) is 0 Å². The molecule has 1 unspecified atom stereocenters. The van der Waals surface area contributed by atoms with E-state index in [0.29, 0.717) is 18.3 Å².